The summed E-state index contributed by atoms with van der Waals surface area (Å²) in [5, 5.41) is 30.4. The van der Waals surface area contributed by atoms with Crippen molar-refractivity contribution < 1.29 is 67.0 Å². The van der Waals surface area contributed by atoms with E-state index in [0.717, 1.165) is 22.9 Å². The summed E-state index contributed by atoms with van der Waals surface area (Å²) >= 11 is 1.14. The Morgan fingerprint density at radius 2 is 1.78 bits per heavy atom. The number of carboxylic acids is 1. The van der Waals surface area contributed by atoms with Crippen molar-refractivity contribution in [3.8, 4) is 0 Å². The molecule has 41 heavy (non-hydrogen) atoms. The lowest BCUT2D eigenvalue weighted by Gasteiger charge is -2.28. The average molecular weight is 667 g/mol. The molecule has 3 heterocycles. The van der Waals surface area contributed by atoms with Crippen molar-refractivity contribution in [1.82, 2.24) is 24.4 Å². The quantitative estimate of drug-likeness (QED) is 0.0742. The fourth-order valence-corrected chi connectivity index (χ4v) is 8.36. The number of thioether (sulfide) groups is 1. The SMILES string of the molecule is Nc1ncnc2c1ncn2[C@@H]1O[C@H]([C@H](CCSCCC(N)C(=O)O)OP(=O)(O)OP(=O)(O)NP(=O)(O)O)[C@@H](O)[C@H]1O. The number of nitrogens with two attached hydrogens (primary N) is 2. The van der Waals surface area contributed by atoms with Crippen LogP contribution in [0.2, 0.25) is 0 Å². The Balaban J connectivity index is 1.81. The molecule has 3 rings (SSSR count). The Labute approximate surface area is 234 Å². The van der Waals surface area contributed by atoms with E-state index in [1.165, 1.54) is 10.9 Å². The second kappa shape index (κ2) is 13.4. The molecule has 0 spiro atoms. The van der Waals surface area contributed by atoms with E-state index in [0.29, 0.717) is 0 Å². The first-order chi connectivity index (χ1) is 18.9. The van der Waals surface area contributed by atoms with Crippen molar-refractivity contribution >= 4 is 58.0 Å². The van der Waals surface area contributed by atoms with Gasteiger partial charge in [0, 0.05) is 0 Å². The lowest BCUT2D eigenvalue weighted by molar-refractivity contribution is -0.138. The molecule has 0 bridgehead atoms. The number of ether oxygens (including phenoxy) is 1. The minimum Gasteiger partial charge on any atom is -0.480 e. The molecule has 1 aliphatic rings. The highest BCUT2D eigenvalue weighted by Crippen LogP contribution is 2.62. The number of carbonyl (C=O) groups is 1. The van der Waals surface area contributed by atoms with Gasteiger partial charge in [-0.05, 0) is 24.3 Å². The summed E-state index contributed by atoms with van der Waals surface area (Å²) in [6, 6.07) is -1.14. The van der Waals surface area contributed by atoms with Gasteiger partial charge in [0.15, 0.2) is 17.7 Å². The number of aromatic nitrogens is 4. The maximum absolute atomic E-state index is 12.6. The van der Waals surface area contributed by atoms with Gasteiger partial charge in [-0.1, -0.05) is 0 Å². The lowest BCUT2D eigenvalue weighted by atomic mass is 10.0. The number of rotatable bonds is 15. The number of hydrogen-bond acceptors (Lipinski definition) is 15. The molecule has 0 amide bonds. The van der Waals surface area contributed by atoms with Gasteiger partial charge in [-0.15, -0.1) is 4.86 Å². The van der Waals surface area contributed by atoms with E-state index in [4.69, 9.17) is 35.6 Å². The van der Waals surface area contributed by atoms with Crippen LogP contribution in [0.1, 0.15) is 19.1 Å². The Bertz CT molecular complexity index is 1380. The number of aliphatic hydroxyl groups excluding tert-OH is 2. The minimum absolute atomic E-state index is 0.00917. The van der Waals surface area contributed by atoms with Crippen molar-refractivity contribution in [3.63, 3.8) is 0 Å². The van der Waals surface area contributed by atoms with E-state index in [2.05, 4.69) is 19.3 Å². The summed E-state index contributed by atoms with van der Waals surface area (Å²) in [4.78, 5) is 61.0. The first kappa shape index (κ1) is 33.9. The minimum atomic E-state index is -5.62. The number of aliphatic carboxylic acids is 1. The van der Waals surface area contributed by atoms with Crippen LogP contribution in [0.3, 0.4) is 0 Å². The molecule has 12 N–H and O–H groups in total. The molecule has 1 saturated heterocycles. The molecule has 0 aromatic carbocycles. The van der Waals surface area contributed by atoms with E-state index in [9.17, 15) is 38.5 Å². The van der Waals surface area contributed by atoms with Gasteiger partial charge in [0.1, 0.15) is 36.2 Å². The monoisotopic (exact) mass is 667 g/mol. The number of hydrogen-bond donors (Lipinski definition) is 10. The second-order valence-corrected chi connectivity index (χ2v) is 14.5. The van der Waals surface area contributed by atoms with Crippen LogP contribution in [0.25, 0.3) is 11.2 Å². The summed E-state index contributed by atoms with van der Waals surface area (Å²) in [6.07, 6.45) is -5.99. The predicted molar refractivity (Wildman–Crippen MR) is 139 cm³/mol. The number of phosphoric ester groups is 1. The van der Waals surface area contributed by atoms with E-state index < -0.39 is 66.0 Å². The maximum Gasteiger partial charge on any atom is 0.480 e. The lowest BCUT2D eigenvalue weighted by Crippen LogP contribution is -2.40. The zero-order chi connectivity index (χ0) is 30.8. The highest BCUT2D eigenvalue weighted by atomic mass is 32.2. The molecule has 232 valence electrons. The molecule has 0 radical (unpaired) electrons. The third-order valence-corrected chi connectivity index (χ3v) is 10.8. The molecule has 25 heteroatoms. The van der Waals surface area contributed by atoms with Crippen LogP contribution < -0.4 is 16.3 Å². The summed E-state index contributed by atoms with van der Waals surface area (Å²) in [5.74, 6) is -0.911. The third kappa shape index (κ3) is 9.20. The summed E-state index contributed by atoms with van der Waals surface area (Å²) < 4.78 is 51.6. The van der Waals surface area contributed by atoms with Crippen molar-refractivity contribution in [3.05, 3.63) is 12.7 Å². The Morgan fingerprint density at radius 3 is 2.41 bits per heavy atom. The largest absolute Gasteiger partial charge is 0.480 e. The summed E-state index contributed by atoms with van der Waals surface area (Å²) in [5.41, 5.74) is 11.5. The number of nitrogen functional groups attached to an aromatic ring is 1. The van der Waals surface area contributed by atoms with Crippen LogP contribution in [-0.2, 0) is 32.1 Å². The zero-order valence-corrected chi connectivity index (χ0v) is 24.1. The third-order valence-electron chi connectivity index (χ3n) is 5.48. The van der Waals surface area contributed by atoms with E-state index in [1.54, 1.807) is 0 Å². The maximum atomic E-state index is 12.6. The Kier molecular flexibility index (Phi) is 11.1. The number of fused-ring (bicyclic) bond motifs is 1. The first-order valence-corrected chi connectivity index (χ1v) is 17.2. The fourth-order valence-electron chi connectivity index (χ4n) is 3.70. The van der Waals surface area contributed by atoms with Crippen LogP contribution in [0.15, 0.2) is 12.7 Å². The fraction of sp³-hybridized carbons (Fsp3) is 0.625. The average Bonchev–Trinajstić information content (AvgIpc) is 3.37. The van der Waals surface area contributed by atoms with E-state index in [1.807, 2.05) is 0 Å². The number of nitrogens with one attached hydrogen (secondary N) is 1. The van der Waals surface area contributed by atoms with Crippen LogP contribution >= 0.6 is 35.1 Å². The molecule has 1 fully saturated rings. The highest BCUT2D eigenvalue weighted by Gasteiger charge is 2.50. The normalized spacial score (nSPS) is 25.9. The second-order valence-electron chi connectivity index (χ2n) is 8.55. The molecule has 0 aliphatic carbocycles. The molecule has 2 aromatic heterocycles. The molecular formula is C16H28N7O14P3S. The van der Waals surface area contributed by atoms with Crippen LogP contribution in [0, 0.1) is 0 Å². The molecule has 21 nitrogen and oxygen atoms in total. The van der Waals surface area contributed by atoms with Gasteiger partial charge in [0.05, 0.1) is 12.4 Å². The zero-order valence-electron chi connectivity index (χ0n) is 20.6. The number of phosphoric acid groups is 1. The summed E-state index contributed by atoms with van der Waals surface area (Å²) in [7, 11) is -16.6. The van der Waals surface area contributed by atoms with Crippen molar-refractivity contribution in [2.45, 2.75) is 49.5 Å². The van der Waals surface area contributed by atoms with Crippen LogP contribution in [0.4, 0.5) is 5.82 Å². The number of imidazole rings is 1. The van der Waals surface area contributed by atoms with E-state index >= 15 is 0 Å². The smallest absolute Gasteiger partial charge is 0.480 e. The van der Waals surface area contributed by atoms with Crippen LogP contribution in [-0.4, -0.2) is 102 Å². The van der Waals surface area contributed by atoms with Crippen molar-refractivity contribution in [1.29, 1.82) is 0 Å². The van der Waals surface area contributed by atoms with Gasteiger partial charge < -0.3 is 51.1 Å². The Hall–Kier alpha value is -1.58. The molecular weight excluding hydrogens is 639 g/mol. The van der Waals surface area contributed by atoms with Gasteiger partial charge >= 0.3 is 29.3 Å². The number of carboxylic acid groups (broad SMARTS) is 1. The topological polar surface area (TPSA) is 345 Å². The van der Waals surface area contributed by atoms with E-state index in [-0.39, 0.29) is 41.3 Å². The van der Waals surface area contributed by atoms with Gasteiger partial charge in [-0.2, -0.15) is 16.1 Å². The molecule has 1 aliphatic heterocycles. The molecule has 2 aromatic rings. The number of aliphatic hydroxyl groups is 2. The van der Waals surface area contributed by atoms with Gasteiger partial charge in [0.25, 0.3) is 0 Å². The number of nitrogens with zero attached hydrogens (tertiary/aromatic N) is 4. The predicted octanol–water partition coefficient (Wildman–Crippen LogP) is -1.76. The molecule has 3 unspecified atom stereocenters. The molecule has 8 atom stereocenters. The first-order valence-electron chi connectivity index (χ1n) is 11.3. The van der Waals surface area contributed by atoms with Crippen LogP contribution in [0.5, 0.6) is 0 Å². The van der Waals surface area contributed by atoms with Crippen molar-refractivity contribution in [2.75, 3.05) is 17.2 Å². The highest BCUT2D eigenvalue weighted by molar-refractivity contribution is 7.99. The standard InChI is InChI=1S/C16H28N7O14P3S/c17-7(16(26)27)1-3-41-4-2-8(36-40(33,34)37-39(31,32)22-38(28,29)30)12-10(24)11(25)15(35-12)23-6-21-9-13(18)19-5-20-14(9)23/h5-8,10-12,15,24-25H,1-4,17H2,(H,26,27)(H,33,34)(H2,18,19,20)(H4,22,28,29,30,31,32)/t7?,8-,10-,11+,12+,15+/m0/s1. The van der Waals surface area contributed by atoms with Gasteiger partial charge in [-0.3, -0.25) is 13.9 Å². The molecule has 0 saturated carbocycles. The van der Waals surface area contributed by atoms with Crippen molar-refractivity contribution in [2.24, 2.45) is 5.73 Å². The number of anilines is 1. The van der Waals surface area contributed by atoms with Gasteiger partial charge in [0.2, 0.25) is 0 Å². The summed E-state index contributed by atoms with van der Waals surface area (Å²) in [6.45, 7) is 0. The Morgan fingerprint density at radius 1 is 1.12 bits per heavy atom. The van der Waals surface area contributed by atoms with Gasteiger partial charge in [-0.25, -0.2) is 28.6 Å².